The Bertz CT molecular complexity index is 640. The van der Waals surface area contributed by atoms with Gasteiger partial charge in [0, 0.05) is 35.7 Å². The second kappa shape index (κ2) is 7.10. The van der Waals surface area contributed by atoms with Crippen molar-refractivity contribution in [1.29, 1.82) is 0 Å². The van der Waals surface area contributed by atoms with Crippen LogP contribution in [0, 0.1) is 6.92 Å². The molecule has 0 heterocycles. The molecule has 0 saturated heterocycles. The lowest BCUT2D eigenvalue weighted by Crippen LogP contribution is -2.21. The molecule has 4 heteroatoms. The lowest BCUT2D eigenvalue weighted by atomic mass is 10.1. The molecule has 0 aromatic heterocycles. The van der Waals surface area contributed by atoms with Gasteiger partial charge >= 0.3 is 0 Å². The predicted octanol–water partition coefficient (Wildman–Crippen LogP) is 5.12. The molecule has 0 aliphatic rings. The second-order valence-electron chi connectivity index (χ2n) is 5.05. The molecule has 0 spiro atoms. The maximum absolute atomic E-state index is 12.2. The number of aryl methyl sites for hydroxylation is 1. The maximum atomic E-state index is 12.2. The first-order valence-electron chi connectivity index (χ1n) is 6.73. The summed E-state index contributed by atoms with van der Waals surface area (Å²) in [6.45, 7) is 2.72. The molecule has 2 aromatic rings. The molecule has 2 nitrogen and oxygen atoms in total. The summed E-state index contributed by atoms with van der Waals surface area (Å²) in [4.78, 5) is 14.3. The largest absolute Gasteiger partial charge is 0.374 e. The Kier molecular flexibility index (Phi) is 5.43. The number of hydrogen-bond donors (Lipinski definition) is 0. The van der Waals surface area contributed by atoms with Crippen LogP contribution in [0.3, 0.4) is 0 Å². The van der Waals surface area contributed by atoms with Gasteiger partial charge in [-0.1, -0.05) is 45.2 Å². The van der Waals surface area contributed by atoms with Gasteiger partial charge in [-0.15, -0.1) is 0 Å². The number of Topliss-reactive ketones (excluding diaryl/α,β-unsaturated/α-hetero) is 1. The van der Waals surface area contributed by atoms with Crippen LogP contribution >= 0.6 is 27.5 Å². The number of ketones is 1. The molecule has 0 saturated carbocycles. The van der Waals surface area contributed by atoms with Crippen LogP contribution in [0.1, 0.15) is 22.3 Å². The van der Waals surface area contributed by atoms with Crippen molar-refractivity contribution in [2.45, 2.75) is 13.3 Å². The fraction of sp³-hybridized carbons (Fsp3) is 0.235. The van der Waals surface area contributed by atoms with Gasteiger partial charge in [-0.05, 0) is 37.3 Å². The van der Waals surface area contributed by atoms with Crippen LogP contribution in [-0.2, 0) is 0 Å². The zero-order valence-corrected chi connectivity index (χ0v) is 14.4. The standard InChI is InChI=1S/C17H17BrClNO/c1-12-3-6-14(7-4-12)20(2)10-9-17(21)15-8-5-13(18)11-16(15)19/h3-8,11H,9-10H2,1-2H3. The minimum atomic E-state index is 0.0615. The van der Waals surface area contributed by atoms with Gasteiger partial charge in [0.15, 0.2) is 5.78 Å². The Morgan fingerprint density at radius 1 is 1.19 bits per heavy atom. The van der Waals surface area contributed by atoms with Crippen LogP contribution in [0.4, 0.5) is 5.69 Å². The van der Waals surface area contributed by atoms with Gasteiger partial charge in [0.25, 0.3) is 0 Å². The number of nitrogens with zero attached hydrogens (tertiary/aromatic N) is 1. The summed E-state index contributed by atoms with van der Waals surface area (Å²) < 4.78 is 0.876. The highest BCUT2D eigenvalue weighted by molar-refractivity contribution is 9.10. The van der Waals surface area contributed by atoms with Crippen molar-refractivity contribution in [3.05, 3.63) is 63.1 Å². The average molecular weight is 367 g/mol. The van der Waals surface area contributed by atoms with Gasteiger partial charge in [-0.2, -0.15) is 0 Å². The molecular formula is C17H17BrClNO. The molecule has 0 aliphatic carbocycles. The van der Waals surface area contributed by atoms with Crippen molar-refractivity contribution in [2.24, 2.45) is 0 Å². The molecule has 0 radical (unpaired) electrons. The third-order valence-corrected chi connectivity index (χ3v) is 4.19. The Morgan fingerprint density at radius 2 is 1.86 bits per heavy atom. The van der Waals surface area contributed by atoms with Gasteiger partial charge in [-0.25, -0.2) is 0 Å². The summed E-state index contributed by atoms with van der Waals surface area (Å²) >= 11 is 9.45. The van der Waals surface area contributed by atoms with Gasteiger partial charge in [-0.3, -0.25) is 4.79 Å². The summed E-state index contributed by atoms with van der Waals surface area (Å²) in [6.07, 6.45) is 0.436. The minimum absolute atomic E-state index is 0.0615. The summed E-state index contributed by atoms with van der Waals surface area (Å²) in [6, 6.07) is 13.6. The minimum Gasteiger partial charge on any atom is -0.374 e. The molecule has 0 amide bonds. The highest BCUT2D eigenvalue weighted by Gasteiger charge is 2.12. The topological polar surface area (TPSA) is 20.3 Å². The first kappa shape index (κ1) is 16.1. The molecule has 21 heavy (non-hydrogen) atoms. The Morgan fingerprint density at radius 3 is 2.48 bits per heavy atom. The van der Waals surface area contributed by atoms with E-state index in [-0.39, 0.29) is 5.78 Å². The summed E-state index contributed by atoms with van der Waals surface area (Å²) in [5.74, 6) is 0.0615. The zero-order chi connectivity index (χ0) is 15.4. The average Bonchev–Trinajstić information content (AvgIpc) is 2.45. The number of halogens is 2. The summed E-state index contributed by atoms with van der Waals surface area (Å²) in [5, 5.41) is 0.493. The van der Waals surface area contributed by atoms with Crippen molar-refractivity contribution in [3.8, 4) is 0 Å². The van der Waals surface area contributed by atoms with Crippen molar-refractivity contribution in [3.63, 3.8) is 0 Å². The first-order chi connectivity index (χ1) is 9.97. The van der Waals surface area contributed by atoms with E-state index < -0.39 is 0 Å². The van der Waals surface area contributed by atoms with E-state index in [0.29, 0.717) is 23.6 Å². The molecule has 0 N–H and O–H groups in total. The zero-order valence-electron chi connectivity index (χ0n) is 12.1. The number of hydrogen-bond acceptors (Lipinski definition) is 2. The predicted molar refractivity (Wildman–Crippen MR) is 92.5 cm³/mol. The number of rotatable bonds is 5. The molecule has 0 bridgehead atoms. The van der Waals surface area contributed by atoms with Crippen molar-refractivity contribution in [1.82, 2.24) is 0 Å². The smallest absolute Gasteiger partial charge is 0.166 e. The third kappa shape index (κ3) is 4.32. The van der Waals surface area contributed by atoms with Crippen LogP contribution in [0.25, 0.3) is 0 Å². The third-order valence-electron chi connectivity index (χ3n) is 3.38. The highest BCUT2D eigenvalue weighted by Crippen LogP contribution is 2.23. The lowest BCUT2D eigenvalue weighted by molar-refractivity contribution is 0.0985. The van der Waals surface area contributed by atoms with E-state index in [0.717, 1.165) is 10.2 Å². The van der Waals surface area contributed by atoms with E-state index in [2.05, 4.69) is 52.0 Å². The molecule has 0 atom stereocenters. The molecule has 0 aliphatic heterocycles. The van der Waals surface area contributed by atoms with Crippen LogP contribution < -0.4 is 4.90 Å². The molecule has 110 valence electrons. The van der Waals surface area contributed by atoms with Gasteiger partial charge in [0.1, 0.15) is 0 Å². The number of carbonyl (C=O) groups is 1. The summed E-state index contributed by atoms with van der Waals surface area (Å²) in [7, 11) is 1.99. The number of benzene rings is 2. The summed E-state index contributed by atoms with van der Waals surface area (Å²) in [5.41, 5.74) is 2.91. The molecule has 0 unspecified atom stereocenters. The second-order valence-corrected chi connectivity index (χ2v) is 6.38. The fourth-order valence-electron chi connectivity index (χ4n) is 2.05. The van der Waals surface area contributed by atoms with Crippen LogP contribution in [-0.4, -0.2) is 19.4 Å². The van der Waals surface area contributed by atoms with Gasteiger partial charge in [0.05, 0.1) is 5.02 Å². The first-order valence-corrected chi connectivity index (χ1v) is 7.90. The number of anilines is 1. The van der Waals surface area contributed by atoms with Gasteiger partial charge in [0.2, 0.25) is 0 Å². The van der Waals surface area contributed by atoms with Crippen molar-refractivity contribution in [2.75, 3.05) is 18.5 Å². The Hall–Kier alpha value is -1.32. The fourth-order valence-corrected chi connectivity index (χ4v) is 2.83. The molecular weight excluding hydrogens is 350 g/mol. The van der Waals surface area contributed by atoms with Crippen molar-refractivity contribution < 1.29 is 4.79 Å². The monoisotopic (exact) mass is 365 g/mol. The van der Waals surface area contributed by atoms with E-state index in [1.165, 1.54) is 5.56 Å². The highest BCUT2D eigenvalue weighted by atomic mass is 79.9. The lowest BCUT2D eigenvalue weighted by Gasteiger charge is -2.19. The van der Waals surface area contributed by atoms with E-state index in [1.807, 2.05) is 13.1 Å². The van der Waals surface area contributed by atoms with E-state index in [4.69, 9.17) is 11.6 Å². The quantitative estimate of drug-likeness (QED) is 0.684. The Balaban J connectivity index is 1.99. The molecule has 2 aromatic carbocycles. The van der Waals surface area contributed by atoms with Gasteiger partial charge < -0.3 is 4.90 Å². The van der Waals surface area contributed by atoms with E-state index in [1.54, 1.807) is 12.1 Å². The molecule has 0 fully saturated rings. The Labute approximate surface area is 138 Å². The SMILES string of the molecule is Cc1ccc(N(C)CCC(=O)c2ccc(Br)cc2Cl)cc1. The van der Waals surface area contributed by atoms with E-state index >= 15 is 0 Å². The van der Waals surface area contributed by atoms with Crippen molar-refractivity contribution >= 4 is 39.0 Å². The molecule has 2 rings (SSSR count). The van der Waals surface area contributed by atoms with E-state index in [9.17, 15) is 4.79 Å². The number of carbonyl (C=O) groups excluding carboxylic acids is 1. The van der Waals surface area contributed by atoms with Crippen LogP contribution in [0.2, 0.25) is 5.02 Å². The van der Waals surface area contributed by atoms with Crippen LogP contribution in [0.5, 0.6) is 0 Å². The normalized spacial score (nSPS) is 10.5. The van der Waals surface area contributed by atoms with Crippen LogP contribution in [0.15, 0.2) is 46.9 Å². The maximum Gasteiger partial charge on any atom is 0.166 e.